The van der Waals surface area contributed by atoms with E-state index < -0.39 is 0 Å². The van der Waals surface area contributed by atoms with E-state index in [9.17, 15) is 4.79 Å². The second kappa shape index (κ2) is 4.63. The molecule has 0 aliphatic heterocycles. The highest BCUT2D eigenvalue weighted by atomic mass is 32.1. The van der Waals surface area contributed by atoms with Crippen LogP contribution in [0.5, 0.6) is 0 Å². The van der Waals surface area contributed by atoms with E-state index in [0.717, 1.165) is 23.5 Å². The Morgan fingerprint density at radius 1 is 1.56 bits per heavy atom. The minimum Gasteiger partial charge on any atom is -0.325 e. The first kappa shape index (κ1) is 11.7. The number of hydrogen-bond donors (Lipinski definition) is 1. The van der Waals surface area contributed by atoms with Gasteiger partial charge >= 0.3 is 0 Å². The van der Waals surface area contributed by atoms with E-state index >= 15 is 0 Å². The Hall–Kier alpha value is -0.740. The molecule has 0 spiro atoms. The molecule has 1 heterocycles. The van der Waals surface area contributed by atoms with Crippen molar-refractivity contribution < 1.29 is 4.79 Å². The number of aromatic nitrogens is 1. The number of nitrogens with two attached hydrogens (primary N) is 1. The van der Waals surface area contributed by atoms with Gasteiger partial charge in [-0.25, -0.2) is 4.98 Å². The Bertz CT molecular complexity index is 380. The molecule has 3 nitrogen and oxygen atoms in total. The largest absolute Gasteiger partial charge is 0.325 e. The Kier molecular flexibility index (Phi) is 3.40. The number of hydrogen-bond acceptors (Lipinski definition) is 4. The summed E-state index contributed by atoms with van der Waals surface area (Å²) < 4.78 is 0. The molecule has 0 saturated heterocycles. The van der Waals surface area contributed by atoms with Crippen LogP contribution in [0.15, 0.2) is 5.38 Å². The van der Waals surface area contributed by atoms with Crippen LogP contribution in [0.3, 0.4) is 0 Å². The average molecular weight is 238 g/mol. The van der Waals surface area contributed by atoms with Crippen molar-refractivity contribution >= 4 is 17.1 Å². The predicted molar refractivity (Wildman–Crippen MR) is 65.6 cm³/mol. The third-order valence-electron chi connectivity index (χ3n) is 3.16. The van der Waals surface area contributed by atoms with Crippen LogP contribution in [0.4, 0.5) is 0 Å². The molecule has 0 bridgehead atoms. The van der Waals surface area contributed by atoms with Crippen LogP contribution in [-0.2, 0) is 11.2 Å². The highest BCUT2D eigenvalue weighted by molar-refractivity contribution is 7.09. The maximum absolute atomic E-state index is 11.9. The van der Waals surface area contributed by atoms with Crippen molar-refractivity contribution in [3.05, 3.63) is 16.1 Å². The minimum absolute atomic E-state index is 0.219. The summed E-state index contributed by atoms with van der Waals surface area (Å²) in [7, 11) is 0. The molecular weight excluding hydrogens is 220 g/mol. The predicted octanol–water partition coefficient (Wildman–Crippen LogP) is 2.22. The van der Waals surface area contributed by atoms with Gasteiger partial charge in [-0.2, -0.15) is 0 Å². The number of aryl methyl sites for hydroxylation is 1. The normalized spacial score (nSPS) is 18.9. The van der Waals surface area contributed by atoms with Gasteiger partial charge in [0.05, 0.1) is 6.42 Å². The number of ketones is 1. The maximum Gasteiger partial charge on any atom is 0.141 e. The third-order valence-corrected chi connectivity index (χ3v) is 4.13. The van der Waals surface area contributed by atoms with E-state index in [-0.39, 0.29) is 11.3 Å². The van der Waals surface area contributed by atoms with Gasteiger partial charge < -0.3 is 5.73 Å². The van der Waals surface area contributed by atoms with Crippen LogP contribution in [0.1, 0.15) is 42.8 Å². The van der Waals surface area contributed by atoms with Crippen LogP contribution in [-0.4, -0.2) is 16.3 Å². The molecule has 0 unspecified atom stereocenters. The van der Waals surface area contributed by atoms with Crippen molar-refractivity contribution in [2.45, 2.75) is 51.0 Å². The molecule has 1 fully saturated rings. The molecule has 4 heteroatoms. The van der Waals surface area contributed by atoms with E-state index in [0.29, 0.717) is 12.8 Å². The zero-order valence-electron chi connectivity index (χ0n) is 9.66. The van der Waals surface area contributed by atoms with Crippen LogP contribution >= 0.6 is 11.3 Å². The van der Waals surface area contributed by atoms with E-state index in [1.54, 1.807) is 11.3 Å². The van der Waals surface area contributed by atoms with E-state index in [1.807, 2.05) is 12.3 Å². The first-order chi connectivity index (χ1) is 7.57. The lowest BCUT2D eigenvalue weighted by Gasteiger charge is -2.21. The van der Waals surface area contributed by atoms with Gasteiger partial charge in [-0.1, -0.05) is 12.8 Å². The fourth-order valence-corrected chi connectivity index (χ4v) is 3.16. The summed E-state index contributed by atoms with van der Waals surface area (Å²) in [6, 6.07) is 0. The summed E-state index contributed by atoms with van der Waals surface area (Å²) in [5.41, 5.74) is 6.96. The van der Waals surface area contributed by atoms with Crippen molar-refractivity contribution in [1.82, 2.24) is 4.98 Å². The highest BCUT2D eigenvalue weighted by Gasteiger charge is 2.31. The summed E-state index contributed by atoms with van der Waals surface area (Å²) in [6.07, 6.45) is 5.30. The number of rotatable bonds is 4. The minimum atomic E-state index is -0.219. The van der Waals surface area contributed by atoms with Gasteiger partial charge in [-0.15, -0.1) is 11.3 Å². The third kappa shape index (κ3) is 2.89. The van der Waals surface area contributed by atoms with Crippen molar-refractivity contribution in [1.29, 1.82) is 0 Å². The highest BCUT2D eigenvalue weighted by Crippen LogP contribution is 2.30. The number of carbonyl (C=O) groups excluding carboxylic acids is 1. The zero-order valence-corrected chi connectivity index (χ0v) is 10.5. The molecule has 0 radical (unpaired) electrons. The molecular formula is C12H18N2OS. The first-order valence-corrected chi connectivity index (χ1v) is 6.67. The molecule has 1 aliphatic rings. The number of Topliss-reactive ketones (excluding diaryl/α,β-unsaturated/α-hetero) is 1. The van der Waals surface area contributed by atoms with Crippen molar-refractivity contribution in [2.24, 2.45) is 5.73 Å². The van der Waals surface area contributed by atoms with Gasteiger partial charge in [-0.3, -0.25) is 4.79 Å². The van der Waals surface area contributed by atoms with Crippen molar-refractivity contribution in [3.8, 4) is 0 Å². The van der Waals surface area contributed by atoms with E-state index in [2.05, 4.69) is 4.98 Å². The Morgan fingerprint density at radius 2 is 2.25 bits per heavy atom. The zero-order chi connectivity index (χ0) is 11.6. The number of nitrogens with zero attached hydrogens (tertiary/aromatic N) is 1. The maximum atomic E-state index is 11.9. The van der Waals surface area contributed by atoms with Crippen molar-refractivity contribution in [3.63, 3.8) is 0 Å². The molecule has 88 valence electrons. The Balaban J connectivity index is 1.89. The molecule has 2 N–H and O–H groups in total. The molecule has 1 saturated carbocycles. The van der Waals surface area contributed by atoms with Gasteiger partial charge in [0.25, 0.3) is 0 Å². The fraction of sp³-hybridized carbons (Fsp3) is 0.667. The lowest BCUT2D eigenvalue weighted by atomic mass is 9.91. The SMILES string of the molecule is Cc1csc(CC(=O)CC2(N)CCCC2)n1. The molecule has 1 aromatic rings. The molecule has 0 amide bonds. The lowest BCUT2D eigenvalue weighted by molar-refractivity contribution is -0.119. The van der Waals surface area contributed by atoms with E-state index in [4.69, 9.17) is 5.73 Å². The van der Waals surface area contributed by atoms with Crippen LogP contribution in [0, 0.1) is 6.92 Å². The molecule has 2 rings (SSSR count). The first-order valence-electron chi connectivity index (χ1n) is 5.79. The second-order valence-corrected chi connectivity index (χ2v) is 5.79. The standard InChI is InChI=1S/C12H18N2OS/c1-9-8-16-11(14-9)6-10(15)7-12(13)4-2-3-5-12/h8H,2-7,13H2,1H3. The molecule has 0 atom stereocenters. The lowest BCUT2D eigenvalue weighted by Crippen LogP contribution is -2.39. The summed E-state index contributed by atoms with van der Waals surface area (Å²) >= 11 is 1.56. The number of carbonyl (C=O) groups is 1. The number of thiazole rings is 1. The monoisotopic (exact) mass is 238 g/mol. The summed E-state index contributed by atoms with van der Waals surface area (Å²) in [5.74, 6) is 0.235. The fourth-order valence-electron chi connectivity index (χ4n) is 2.36. The van der Waals surface area contributed by atoms with Gasteiger partial charge in [0.2, 0.25) is 0 Å². The van der Waals surface area contributed by atoms with Crippen LogP contribution < -0.4 is 5.73 Å². The summed E-state index contributed by atoms with van der Waals surface area (Å²) in [5, 5.41) is 2.90. The molecule has 1 aromatic heterocycles. The Morgan fingerprint density at radius 3 is 2.81 bits per heavy atom. The second-order valence-electron chi connectivity index (χ2n) is 4.84. The van der Waals surface area contributed by atoms with Crippen molar-refractivity contribution in [2.75, 3.05) is 0 Å². The molecule has 0 aromatic carbocycles. The Labute approximate surface area is 100 Å². The molecule has 1 aliphatic carbocycles. The summed E-state index contributed by atoms with van der Waals surface area (Å²) in [6.45, 7) is 1.95. The van der Waals surface area contributed by atoms with Gasteiger partial charge in [0.15, 0.2) is 0 Å². The van der Waals surface area contributed by atoms with Gasteiger partial charge in [-0.05, 0) is 19.8 Å². The molecule has 16 heavy (non-hydrogen) atoms. The van der Waals surface area contributed by atoms with Crippen LogP contribution in [0.25, 0.3) is 0 Å². The topological polar surface area (TPSA) is 56.0 Å². The quantitative estimate of drug-likeness (QED) is 0.875. The average Bonchev–Trinajstić information content (AvgIpc) is 2.75. The summed E-state index contributed by atoms with van der Waals surface area (Å²) in [4.78, 5) is 16.2. The van der Waals surface area contributed by atoms with E-state index in [1.165, 1.54) is 12.8 Å². The smallest absolute Gasteiger partial charge is 0.141 e. The van der Waals surface area contributed by atoms with Gasteiger partial charge in [0, 0.05) is 23.0 Å². The van der Waals surface area contributed by atoms with Gasteiger partial charge in [0.1, 0.15) is 10.8 Å². The van der Waals surface area contributed by atoms with Crippen LogP contribution in [0.2, 0.25) is 0 Å².